The van der Waals surface area contributed by atoms with Crippen LogP contribution in [0.4, 0.5) is 0 Å². The first-order valence-corrected chi connectivity index (χ1v) is 7.28. The minimum atomic E-state index is 0.0906. The Morgan fingerprint density at radius 2 is 1.95 bits per heavy atom. The van der Waals surface area contributed by atoms with E-state index in [0.29, 0.717) is 0 Å². The first kappa shape index (κ1) is 14.8. The van der Waals surface area contributed by atoms with E-state index in [1.807, 2.05) is 13.0 Å². The number of hydrazine groups is 1. The normalized spacial score (nSPS) is 19.9. The van der Waals surface area contributed by atoms with E-state index in [0.717, 1.165) is 10.6 Å². The van der Waals surface area contributed by atoms with E-state index < -0.39 is 0 Å². The topological polar surface area (TPSA) is 41.3 Å². The average Bonchev–Trinajstić information content (AvgIpc) is 2.85. The summed E-state index contributed by atoms with van der Waals surface area (Å²) < 4.78 is 0. The van der Waals surface area contributed by atoms with Crippen LogP contribution in [-0.4, -0.2) is 24.5 Å². The highest BCUT2D eigenvalue weighted by Gasteiger charge is 2.43. The highest BCUT2D eigenvalue weighted by atomic mass is 35.5. The Morgan fingerprint density at radius 1 is 1.32 bits per heavy atom. The van der Waals surface area contributed by atoms with Crippen LogP contribution in [0.5, 0.6) is 0 Å². The molecule has 0 bridgehead atoms. The minimum absolute atomic E-state index is 0.0906. The number of nitrogens with two attached hydrogens (primary N) is 1. The predicted molar refractivity (Wildman–Crippen MR) is 81.1 cm³/mol. The maximum atomic E-state index is 6.26. The van der Waals surface area contributed by atoms with Crippen molar-refractivity contribution >= 4 is 11.6 Å². The molecule has 0 aliphatic heterocycles. The Balaban J connectivity index is 2.40. The fourth-order valence-electron chi connectivity index (χ4n) is 3.33. The fraction of sp³-hybridized carbons (Fsp3) is 0.600. The van der Waals surface area contributed by atoms with Gasteiger partial charge in [0.15, 0.2) is 0 Å². The Hall–Kier alpha value is -0.610. The fourth-order valence-corrected chi connectivity index (χ4v) is 3.52. The van der Waals surface area contributed by atoms with Gasteiger partial charge in [0, 0.05) is 10.6 Å². The first-order valence-electron chi connectivity index (χ1n) is 6.91. The van der Waals surface area contributed by atoms with Crippen molar-refractivity contribution in [3.63, 3.8) is 0 Å². The molecule has 1 unspecified atom stereocenters. The summed E-state index contributed by atoms with van der Waals surface area (Å²) >= 11 is 6.26. The molecule has 0 aromatic heterocycles. The number of halogens is 1. The smallest absolute Gasteiger partial charge is 0.0644 e. The summed E-state index contributed by atoms with van der Waals surface area (Å²) in [7, 11) is 4.29. The molecule has 0 heterocycles. The highest BCUT2D eigenvalue weighted by Crippen LogP contribution is 2.43. The van der Waals surface area contributed by atoms with Gasteiger partial charge < -0.3 is 4.90 Å². The van der Waals surface area contributed by atoms with E-state index in [4.69, 9.17) is 17.4 Å². The van der Waals surface area contributed by atoms with Gasteiger partial charge in [0.05, 0.1) is 6.04 Å². The van der Waals surface area contributed by atoms with Crippen molar-refractivity contribution in [2.24, 2.45) is 5.84 Å². The molecule has 4 heteroatoms. The van der Waals surface area contributed by atoms with E-state index in [1.54, 1.807) is 0 Å². The van der Waals surface area contributed by atoms with Crippen LogP contribution in [0.3, 0.4) is 0 Å². The van der Waals surface area contributed by atoms with Crippen LogP contribution in [0.25, 0.3) is 0 Å². The van der Waals surface area contributed by atoms with Crippen LogP contribution in [0.2, 0.25) is 5.02 Å². The van der Waals surface area contributed by atoms with Crippen molar-refractivity contribution in [2.45, 2.75) is 44.2 Å². The standard InChI is InChI=1S/C15H24ClN3/c1-11-6-7-12(10-13(11)16)14(18-17)15(19(2)3)8-4-5-9-15/h6-7,10,14,18H,4-5,8-9,17H2,1-3H3. The average molecular weight is 282 g/mol. The molecule has 1 atom stereocenters. The number of nitrogens with one attached hydrogen (secondary N) is 1. The molecule has 1 saturated carbocycles. The number of hydrogen-bond acceptors (Lipinski definition) is 3. The van der Waals surface area contributed by atoms with E-state index in [-0.39, 0.29) is 11.6 Å². The minimum Gasteiger partial charge on any atom is -0.302 e. The zero-order valence-electron chi connectivity index (χ0n) is 12.0. The third kappa shape index (κ3) is 2.65. The molecule has 0 spiro atoms. The van der Waals surface area contributed by atoms with Gasteiger partial charge in [-0.3, -0.25) is 11.3 Å². The lowest BCUT2D eigenvalue weighted by atomic mass is 9.82. The van der Waals surface area contributed by atoms with Gasteiger partial charge in [-0.05, 0) is 51.1 Å². The molecule has 1 aliphatic rings. The Morgan fingerprint density at radius 3 is 2.42 bits per heavy atom. The van der Waals surface area contributed by atoms with Gasteiger partial charge in [-0.1, -0.05) is 36.6 Å². The number of nitrogens with zero attached hydrogens (tertiary/aromatic N) is 1. The van der Waals surface area contributed by atoms with Crippen LogP contribution in [0.15, 0.2) is 18.2 Å². The Bertz CT molecular complexity index is 439. The van der Waals surface area contributed by atoms with Crippen molar-refractivity contribution in [1.29, 1.82) is 0 Å². The summed E-state index contributed by atoms with van der Waals surface area (Å²) in [6.07, 6.45) is 4.85. The van der Waals surface area contributed by atoms with Gasteiger partial charge in [0.25, 0.3) is 0 Å². The lowest BCUT2D eigenvalue weighted by Gasteiger charge is -2.43. The number of hydrogen-bond donors (Lipinski definition) is 2. The van der Waals surface area contributed by atoms with Gasteiger partial charge in [-0.2, -0.15) is 0 Å². The van der Waals surface area contributed by atoms with E-state index in [2.05, 4.69) is 36.6 Å². The number of likely N-dealkylation sites (N-methyl/N-ethyl adjacent to an activating group) is 1. The van der Waals surface area contributed by atoms with E-state index >= 15 is 0 Å². The Labute approximate surface area is 121 Å². The maximum Gasteiger partial charge on any atom is 0.0644 e. The second kappa shape index (κ2) is 5.80. The second-order valence-electron chi connectivity index (χ2n) is 5.81. The van der Waals surface area contributed by atoms with E-state index in [9.17, 15) is 0 Å². The second-order valence-corrected chi connectivity index (χ2v) is 6.22. The van der Waals surface area contributed by atoms with Crippen molar-refractivity contribution < 1.29 is 0 Å². The first-order chi connectivity index (χ1) is 9.01. The summed E-state index contributed by atoms with van der Waals surface area (Å²) in [6.45, 7) is 2.02. The molecule has 0 saturated heterocycles. The molecule has 0 radical (unpaired) electrons. The molecule has 1 fully saturated rings. The lowest BCUT2D eigenvalue weighted by molar-refractivity contribution is 0.105. The molecule has 3 N–H and O–H groups in total. The molecule has 1 aromatic rings. The maximum absolute atomic E-state index is 6.26. The van der Waals surface area contributed by atoms with Crippen LogP contribution in [0.1, 0.15) is 42.9 Å². The van der Waals surface area contributed by atoms with Gasteiger partial charge in [0.2, 0.25) is 0 Å². The summed E-state index contributed by atoms with van der Waals surface area (Å²) in [5.74, 6) is 5.88. The SMILES string of the molecule is Cc1ccc(C(NN)C2(N(C)C)CCCC2)cc1Cl. The van der Waals surface area contributed by atoms with Crippen molar-refractivity contribution in [2.75, 3.05) is 14.1 Å². The Kier molecular flexibility index (Phi) is 4.51. The number of rotatable bonds is 4. The van der Waals surface area contributed by atoms with Crippen molar-refractivity contribution in [3.8, 4) is 0 Å². The monoisotopic (exact) mass is 281 g/mol. The predicted octanol–water partition coefficient (Wildman–Crippen LogP) is 3.03. The largest absolute Gasteiger partial charge is 0.302 e. The van der Waals surface area contributed by atoms with Crippen LogP contribution in [0, 0.1) is 6.92 Å². The molecular weight excluding hydrogens is 258 g/mol. The summed E-state index contributed by atoms with van der Waals surface area (Å²) in [4.78, 5) is 2.32. The summed E-state index contributed by atoms with van der Waals surface area (Å²) in [5.41, 5.74) is 5.40. The van der Waals surface area contributed by atoms with Gasteiger partial charge in [0.1, 0.15) is 0 Å². The lowest BCUT2D eigenvalue weighted by Crippen LogP contribution is -2.53. The quantitative estimate of drug-likeness (QED) is 0.658. The molecular formula is C15H24ClN3. The van der Waals surface area contributed by atoms with Crippen LogP contribution >= 0.6 is 11.6 Å². The summed E-state index contributed by atoms with van der Waals surface area (Å²) in [6, 6.07) is 6.36. The summed E-state index contributed by atoms with van der Waals surface area (Å²) in [5, 5.41) is 0.810. The van der Waals surface area contributed by atoms with Crippen molar-refractivity contribution in [1.82, 2.24) is 10.3 Å². The highest BCUT2D eigenvalue weighted by molar-refractivity contribution is 6.31. The molecule has 1 aliphatic carbocycles. The molecule has 3 nitrogen and oxygen atoms in total. The van der Waals surface area contributed by atoms with Gasteiger partial charge >= 0.3 is 0 Å². The van der Waals surface area contributed by atoms with E-state index in [1.165, 1.54) is 31.2 Å². The molecule has 106 valence electrons. The van der Waals surface area contributed by atoms with Gasteiger partial charge in [-0.25, -0.2) is 0 Å². The van der Waals surface area contributed by atoms with Crippen LogP contribution in [-0.2, 0) is 0 Å². The van der Waals surface area contributed by atoms with Crippen molar-refractivity contribution in [3.05, 3.63) is 34.3 Å². The third-order valence-electron chi connectivity index (χ3n) is 4.59. The third-order valence-corrected chi connectivity index (χ3v) is 5.00. The molecule has 0 amide bonds. The number of benzene rings is 1. The number of aryl methyl sites for hydroxylation is 1. The zero-order chi connectivity index (χ0) is 14.0. The zero-order valence-corrected chi connectivity index (χ0v) is 12.8. The molecule has 2 rings (SSSR count). The molecule has 1 aromatic carbocycles. The van der Waals surface area contributed by atoms with Gasteiger partial charge in [-0.15, -0.1) is 0 Å². The molecule has 19 heavy (non-hydrogen) atoms. The van der Waals surface area contributed by atoms with Crippen LogP contribution < -0.4 is 11.3 Å².